The zero-order chi connectivity index (χ0) is 13.7. The first-order chi connectivity index (χ1) is 9.24. The van der Waals surface area contributed by atoms with Gasteiger partial charge in [-0.3, -0.25) is 0 Å². The molecular formula is C16H21N2P. The Morgan fingerprint density at radius 1 is 0.895 bits per heavy atom. The van der Waals surface area contributed by atoms with Gasteiger partial charge >= 0.3 is 0 Å². The van der Waals surface area contributed by atoms with E-state index in [-0.39, 0.29) is 0 Å². The van der Waals surface area contributed by atoms with Crippen molar-refractivity contribution in [3.8, 4) is 0 Å². The van der Waals surface area contributed by atoms with E-state index in [2.05, 4.69) is 79.7 Å². The second-order valence-electron chi connectivity index (χ2n) is 4.72. The van der Waals surface area contributed by atoms with Gasteiger partial charge in [0.05, 0.1) is 0 Å². The number of hydrogen-bond acceptors (Lipinski definition) is 2. The van der Waals surface area contributed by atoms with Crippen molar-refractivity contribution in [1.82, 2.24) is 4.90 Å². The zero-order valence-electron chi connectivity index (χ0n) is 11.5. The van der Waals surface area contributed by atoms with Crippen LogP contribution in [0.4, 0.5) is 0 Å². The highest BCUT2D eigenvalue weighted by Crippen LogP contribution is 2.39. The molecule has 0 saturated heterocycles. The van der Waals surface area contributed by atoms with Crippen molar-refractivity contribution < 1.29 is 0 Å². The third-order valence-corrected chi connectivity index (χ3v) is 6.15. The van der Waals surface area contributed by atoms with E-state index in [0.29, 0.717) is 12.3 Å². The molecule has 2 N–H and O–H groups in total. The summed E-state index contributed by atoms with van der Waals surface area (Å²) in [6, 6.07) is 21.4. The summed E-state index contributed by atoms with van der Waals surface area (Å²) in [5.41, 5.74) is 6.02. The Hall–Kier alpha value is -1.21. The molecule has 1 atom stereocenters. The maximum absolute atomic E-state index is 6.02. The molecule has 0 aliphatic rings. The smallest absolute Gasteiger partial charge is 0.0495 e. The minimum absolute atomic E-state index is 0.361. The second-order valence-corrected chi connectivity index (χ2v) is 7.09. The lowest BCUT2D eigenvalue weighted by Gasteiger charge is -2.32. The number of benzene rings is 2. The van der Waals surface area contributed by atoms with Crippen LogP contribution in [0.3, 0.4) is 0 Å². The van der Waals surface area contributed by atoms with Crippen molar-refractivity contribution in [2.24, 2.45) is 5.73 Å². The van der Waals surface area contributed by atoms with Gasteiger partial charge in [-0.05, 0) is 32.6 Å². The van der Waals surface area contributed by atoms with Crippen molar-refractivity contribution in [3.05, 3.63) is 60.7 Å². The number of rotatable bonds is 5. The Labute approximate surface area is 117 Å². The molecule has 2 aromatic carbocycles. The molecule has 2 aromatic rings. The quantitative estimate of drug-likeness (QED) is 0.843. The molecule has 0 aromatic heterocycles. The fraction of sp³-hybridized carbons (Fsp3) is 0.250. The molecule has 2 rings (SSSR count). The molecule has 0 amide bonds. The molecular weight excluding hydrogens is 251 g/mol. The largest absolute Gasteiger partial charge is 0.329 e. The van der Waals surface area contributed by atoms with Crippen LogP contribution in [0.15, 0.2) is 60.7 Å². The van der Waals surface area contributed by atoms with Crippen LogP contribution >= 0.6 is 7.92 Å². The summed E-state index contributed by atoms with van der Waals surface area (Å²) in [5.74, 6) is 0.361. The summed E-state index contributed by atoms with van der Waals surface area (Å²) >= 11 is 0. The van der Waals surface area contributed by atoms with Gasteiger partial charge in [-0.25, -0.2) is 0 Å². The summed E-state index contributed by atoms with van der Waals surface area (Å²) in [4.78, 5) is 2.24. The molecule has 2 nitrogen and oxygen atoms in total. The second kappa shape index (κ2) is 6.81. The summed E-state index contributed by atoms with van der Waals surface area (Å²) in [6.07, 6.45) is 0. The average Bonchev–Trinajstić information content (AvgIpc) is 2.46. The minimum atomic E-state index is -0.453. The van der Waals surface area contributed by atoms with E-state index in [0.717, 1.165) is 0 Å². The Morgan fingerprint density at radius 3 is 1.63 bits per heavy atom. The average molecular weight is 272 g/mol. The lowest BCUT2D eigenvalue weighted by molar-refractivity contribution is 0.384. The summed E-state index contributed by atoms with van der Waals surface area (Å²) in [6.45, 7) is 0.669. The molecule has 3 heteroatoms. The summed E-state index contributed by atoms with van der Waals surface area (Å²) in [5, 5.41) is 2.76. The molecule has 0 aliphatic heterocycles. The first-order valence-electron chi connectivity index (χ1n) is 6.50. The Bertz CT molecular complexity index is 445. The molecule has 0 fully saturated rings. The van der Waals surface area contributed by atoms with Crippen LogP contribution in [0, 0.1) is 0 Å². The van der Waals surface area contributed by atoms with Crippen molar-refractivity contribution in [3.63, 3.8) is 0 Å². The molecule has 0 spiro atoms. The maximum Gasteiger partial charge on any atom is 0.0495 e. The van der Waals surface area contributed by atoms with Gasteiger partial charge in [-0.15, -0.1) is 0 Å². The SMILES string of the molecule is CN(C)C(CN)P(c1ccccc1)c1ccccc1. The van der Waals surface area contributed by atoms with Gasteiger partial charge in [-0.2, -0.15) is 0 Å². The normalized spacial score (nSPS) is 12.9. The van der Waals surface area contributed by atoms with Gasteiger partial charge in [0.1, 0.15) is 0 Å². The van der Waals surface area contributed by atoms with Gasteiger partial charge in [0, 0.05) is 12.3 Å². The molecule has 19 heavy (non-hydrogen) atoms. The van der Waals surface area contributed by atoms with Crippen molar-refractivity contribution in [2.45, 2.75) is 5.78 Å². The van der Waals surface area contributed by atoms with E-state index in [9.17, 15) is 0 Å². The molecule has 100 valence electrons. The third kappa shape index (κ3) is 3.42. The monoisotopic (exact) mass is 272 g/mol. The van der Waals surface area contributed by atoms with Crippen LogP contribution in [-0.2, 0) is 0 Å². The van der Waals surface area contributed by atoms with Crippen LogP contribution < -0.4 is 16.3 Å². The first-order valence-corrected chi connectivity index (χ1v) is 7.91. The van der Waals surface area contributed by atoms with E-state index in [4.69, 9.17) is 5.73 Å². The molecule has 0 heterocycles. The topological polar surface area (TPSA) is 29.3 Å². The molecule has 0 saturated carbocycles. The Morgan fingerprint density at radius 2 is 1.32 bits per heavy atom. The van der Waals surface area contributed by atoms with E-state index in [1.165, 1.54) is 10.6 Å². The number of likely N-dealkylation sites (N-methyl/N-ethyl adjacent to an activating group) is 1. The van der Waals surface area contributed by atoms with E-state index < -0.39 is 7.92 Å². The van der Waals surface area contributed by atoms with Gasteiger partial charge in [0.2, 0.25) is 0 Å². The first kappa shape index (κ1) is 14.2. The number of nitrogens with two attached hydrogens (primary N) is 1. The van der Waals surface area contributed by atoms with Gasteiger partial charge in [-0.1, -0.05) is 60.7 Å². The van der Waals surface area contributed by atoms with Gasteiger partial charge < -0.3 is 10.6 Å². The summed E-state index contributed by atoms with van der Waals surface area (Å²) < 4.78 is 0. The van der Waals surface area contributed by atoms with Crippen LogP contribution in [-0.4, -0.2) is 31.3 Å². The lowest BCUT2D eigenvalue weighted by atomic mass is 10.4. The van der Waals surface area contributed by atoms with Crippen LogP contribution in [0.1, 0.15) is 0 Å². The third-order valence-electron chi connectivity index (χ3n) is 3.17. The minimum Gasteiger partial charge on any atom is -0.329 e. The molecule has 0 radical (unpaired) electrons. The van der Waals surface area contributed by atoms with E-state index >= 15 is 0 Å². The van der Waals surface area contributed by atoms with Crippen LogP contribution in [0.5, 0.6) is 0 Å². The zero-order valence-corrected chi connectivity index (χ0v) is 12.4. The van der Waals surface area contributed by atoms with Gasteiger partial charge in [0.15, 0.2) is 0 Å². The fourth-order valence-corrected chi connectivity index (χ4v) is 4.86. The highest BCUT2D eigenvalue weighted by atomic mass is 31.1. The Balaban J connectivity index is 2.45. The molecule has 1 unspecified atom stereocenters. The van der Waals surface area contributed by atoms with Crippen molar-refractivity contribution in [1.29, 1.82) is 0 Å². The number of hydrogen-bond donors (Lipinski definition) is 1. The highest BCUT2D eigenvalue weighted by molar-refractivity contribution is 7.73. The van der Waals surface area contributed by atoms with Crippen molar-refractivity contribution >= 4 is 18.5 Å². The fourth-order valence-electron chi connectivity index (χ4n) is 2.22. The molecule has 0 aliphatic carbocycles. The van der Waals surface area contributed by atoms with Crippen LogP contribution in [0.2, 0.25) is 0 Å². The number of nitrogens with zero attached hydrogens (tertiary/aromatic N) is 1. The standard InChI is InChI=1S/C16H21N2P/c1-18(2)16(13-17)19(14-9-5-3-6-10-14)15-11-7-4-8-12-15/h3-12,16H,13,17H2,1-2H3. The Kier molecular flexibility index (Phi) is 5.09. The maximum atomic E-state index is 6.02. The van der Waals surface area contributed by atoms with Crippen molar-refractivity contribution in [2.75, 3.05) is 20.6 Å². The van der Waals surface area contributed by atoms with E-state index in [1.807, 2.05) is 0 Å². The lowest BCUT2D eigenvalue weighted by Crippen LogP contribution is -2.38. The summed E-state index contributed by atoms with van der Waals surface area (Å²) in [7, 11) is 3.77. The van der Waals surface area contributed by atoms with E-state index in [1.54, 1.807) is 0 Å². The highest BCUT2D eigenvalue weighted by Gasteiger charge is 2.24. The van der Waals surface area contributed by atoms with Gasteiger partial charge in [0.25, 0.3) is 0 Å². The predicted molar refractivity (Wildman–Crippen MR) is 85.6 cm³/mol. The molecule has 0 bridgehead atoms. The predicted octanol–water partition coefficient (Wildman–Crippen LogP) is 1.97. The van der Waals surface area contributed by atoms with Crippen LogP contribution in [0.25, 0.3) is 0 Å².